The molecule has 7 heteroatoms. The van der Waals surface area contributed by atoms with Crippen LogP contribution in [-0.2, 0) is 10.0 Å². The SMILES string of the molecule is Cc1cccc(C(=O)N2CCSC23CCN(S(=O)(=O)C=Cc2ccccc2)CC3)c1. The van der Waals surface area contributed by atoms with Gasteiger partial charge in [-0.1, -0.05) is 48.0 Å². The maximum absolute atomic E-state index is 13.2. The summed E-state index contributed by atoms with van der Waals surface area (Å²) in [5.74, 6) is 0.932. The maximum Gasteiger partial charge on any atom is 0.255 e. The van der Waals surface area contributed by atoms with E-state index in [0.717, 1.165) is 16.9 Å². The number of thioether (sulfide) groups is 1. The van der Waals surface area contributed by atoms with E-state index < -0.39 is 10.0 Å². The number of benzene rings is 2. The van der Waals surface area contributed by atoms with Crippen LogP contribution in [-0.4, -0.2) is 53.8 Å². The highest BCUT2D eigenvalue weighted by molar-refractivity contribution is 8.00. The lowest BCUT2D eigenvalue weighted by molar-refractivity contribution is 0.0605. The number of carbonyl (C=O) groups is 1. The quantitative estimate of drug-likeness (QED) is 0.719. The van der Waals surface area contributed by atoms with Crippen LogP contribution in [0.5, 0.6) is 0 Å². The first-order chi connectivity index (χ1) is 14.4. The minimum absolute atomic E-state index is 0.0454. The number of hydrogen-bond acceptors (Lipinski definition) is 4. The minimum Gasteiger partial charge on any atom is -0.323 e. The molecule has 2 aliphatic heterocycles. The van der Waals surface area contributed by atoms with Gasteiger partial charge in [0, 0.05) is 36.4 Å². The predicted octanol–water partition coefficient (Wildman–Crippen LogP) is 3.98. The summed E-state index contributed by atoms with van der Waals surface area (Å²) in [5.41, 5.74) is 2.63. The number of hydrogen-bond donors (Lipinski definition) is 0. The second-order valence-corrected chi connectivity index (χ2v) is 11.1. The van der Waals surface area contributed by atoms with E-state index in [4.69, 9.17) is 0 Å². The molecule has 0 aromatic heterocycles. The Morgan fingerprint density at radius 1 is 1.03 bits per heavy atom. The number of rotatable bonds is 4. The fourth-order valence-electron chi connectivity index (χ4n) is 4.15. The Kier molecular flexibility index (Phi) is 6.04. The van der Waals surface area contributed by atoms with Gasteiger partial charge < -0.3 is 4.90 Å². The molecule has 0 saturated carbocycles. The predicted molar refractivity (Wildman–Crippen MR) is 123 cm³/mol. The largest absolute Gasteiger partial charge is 0.323 e. The molecule has 30 heavy (non-hydrogen) atoms. The van der Waals surface area contributed by atoms with E-state index in [1.165, 1.54) is 9.71 Å². The van der Waals surface area contributed by atoms with Crippen molar-refractivity contribution in [1.82, 2.24) is 9.21 Å². The van der Waals surface area contributed by atoms with Crippen molar-refractivity contribution in [1.29, 1.82) is 0 Å². The average Bonchev–Trinajstić information content (AvgIpc) is 3.15. The van der Waals surface area contributed by atoms with Crippen LogP contribution in [0, 0.1) is 6.92 Å². The van der Waals surface area contributed by atoms with E-state index in [0.29, 0.717) is 38.0 Å². The fraction of sp³-hybridized carbons (Fsp3) is 0.348. The van der Waals surface area contributed by atoms with E-state index in [1.807, 2.05) is 66.4 Å². The number of piperidine rings is 1. The summed E-state index contributed by atoms with van der Waals surface area (Å²) in [7, 11) is -3.48. The first kappa shape index (κ1) is 21.2. The van der Waals surface area contributed by atoms with Crippen molar-refractivity contribution in [2.24, 2.45) is 0 Å². The number of carbonyl (C=O) groups excluding carboxylic acids is 1. The zero-order chi connectivity index (χ0) is 21.2. The molecule has 2 fully saturated rings. The Labute approximate surface area is 182 Å². The fourth-order valence-corrected chi connectivity index (χ4v) is 6.80. The number of aryl methyl sites for hydroxylation is 1. The first-order valence-corrected chi connectivity index (χ1v) is 12.6. The van der Waals surface area contributed by atoms with Crippen LogP contribution >= 0.6 is 11.8 Å². The highest BCUT2D eigenvalue weighted by atomic mass is 32.2. The van der Waals surface area contributed by atoms with Gasteiger partial charge in [0.2, 0.25) is 10.0 Å². The lowest BCUT2D eigenvalue weighted by atomic mass is 10.0. The van der Waals surface area contributed by atoms with Crippen molar-refractivity contribution >= 4 is 33.8 Å². The summed E-state index contributed by atoms with van der Waals surface area (Å²) in [6.07, 6.45) is 2.93. The van der Waals surface area contributed by atoms with Crippen molar-refractivity contribution in [3.63, 3.8) is 0 Å². The monoisotopic (exact) mass is 442 g/mol. The minimum atomic E-state index is -3.48. The van der Waals surface area contributed by atoms with Crippen molar-refractivity contribution < 1.29 is 13.2 Å². The average molecular weight is 443 g/mol. The second-order valence-electron chi connectivity index (χ2n) is 7.78. The normalized spacial score (nSPS) is 19.6. The lowest BCUT2D eigenvalue weighted by Crippen LogP contribution is -2.53. The third-order valence-electron chi connectivity index (χ3n) is 5.78. The van der Waals surface area contributed by atoms with Crippen LogP contribution in [0.2, 0.25) is 0 Å². The molecule has 0 aliphatic carbocycles. The summed E-state index contributed by atoms with van der Waals surface area (Å²) < 4.78 is 27.1. The van der Waals surface area contributed by atoms with Gasteiger partial charge in [0.1, 0.15) is 0 Å². The molecule has 2 aromatic carbocycles. The van der Waals surface area contributed by atoms with Crippen molar-refractivity contribution in [2.45, 2.75) is 24.6 Å². The molecule has 1 amide bonds. The van der Waals surface area contributed by atoms with Crippen LogP contribution in [0.25, 0.3) is 6.08 Å². The summed E-state index contributed by atoms with van der Waals surface area (Å²) in [6.45, 7) is 3.54. The number of nitrogens with zero attached hydrogens (tertiary/aromatic N) is 2. The van der Waals surface area contributed by atoms with E-state index >= 15 is 0 Å². The molecular formula is C23H26N2O3S2. The zero-order valence-corrected chi connectivity index (χ0v) is 18.7. The highest BCUT2D eigenvalue weighted by Gasteiger charge is 2.47. The van der Waals surface area contributed by atoms with Crippen molar-refractivity contribution in [2.75, 3.05) is 25.4 Å². The van der Waals surface area contributed by atoms with Gasteiger partial charge in [-0.25, -0.2) is 8.42 Å². The van der Waals surface area contributed by atoms with E-state index in [9.17, 15) is 13.2 Å². The summed E-state index contributed by atoms with van der Waals surface area (Å²) in [6, 6.07) is 17.1. The van der Waals surface area contributed by atoms with Gasteiger partial charge in [0.05, 0.1) is 4.87 Å². The topological polar surface area (TPSA) is 57.7 Å². The first-order valence-electron chi connectivity index (χ1n) is 10.2. The molecule has 2 saturated heterocycles. The summed E-state index contributed by atoms with van der Waals surface area (Å²) in [5, 5.41) is 1.29. The lowest BCUT2D eigenvalue weighted by Gasteiger charge is -2.43. The highest BCUT2D eigenvalue weighted by Crippen LogP contribution is 2.45. The van der Waals surface area contributed by atoms with Crippen molar-refractivity contribution in [3.8, 4) is 0 Å². The van der Waals surface area contributed by atoms with Crippen LogP contribution in [0.4, 0.5) is 0 Å². The molecule has 5 nitrogen and oxygen atoms in total. The van der Waals surface area contributed by atoms with Crippen LogP contribution in [0.1, 0.15) is 34.3 Å². The van der Waals surface area contributed by atoms with Gasteiger partial charge in [-0.2, -0.15) is 4.31 Å². The second kappa shape index (κ2) is 8.57. The van der Waals surface area contributed by atoms with Gasteiger partial charge in [-0.3, -0.25) is 4.79 Å². The molecule has 2 heterocycles. The Hall–Kier alpha value is -2.09. The standard InChI is InChI=1S/C23H26N2O3S2/c1-19-6-5-9-21(18-19)22(26)25-15-16-29-23(25)11-13-24(14-12-23)30(27,28)17-10-20-7-3-2-4-8-20/h2-10,17-18H,11-16H2,1H3. The molecule has 0 N–H and O–H groups in total. The number of amides is 1. The molecule has 0 radical (unpaired) electrons. The van der Waals surface area contributed by atoms with E-state index in [1.54, 1.807) is 17.8 Å². The van der Waals surface area contributed by atoms with E-state index in [2.05, 4.69) is 0 Å². The molecular weight excluding hydrogens is 416 g/mol. The third-order valence-corrected chi connectivity index (χ3v) is 8.90. The summed E-state index contributed by atoms with van der Waals surface area (Å²) in [4.78, 5) is 14.8. The molecule has 2 aliphatic rings. The Bertz CT molecular complexity index is 1040. The molecule has 158 valence electrons. The Balaban J connectivity index is 1.46. The Morgan fingerprint density at radius 2 is 1.77 bits per heavy atom. The molecule has 1 spiro atoms. The molecule has 2 aromatic rings. The maximum atomic E-state index is 13.2. The van der Waals surface area contributed by atoms with Gasteiger partial charge in [-0.15, -0.1) is 11.8 Å². The van der Waals surface area contributed by atoms with Gasteiger partial charge in [-0.05, 0) is 43.5 Å². The summed E-state index contributed by atoms with van der Waals surface area (Å²) >= 11 is 1.79. The molecule has 4 rings (SSSR count). The zero-order valence-electron chi connectivity index (χ0n) is 17.0. The van der Waals surface area contributed by atoms with Crippen LogP contribution in [0.3, 0.4) is 0 Å². The number of sulfonamides is 1. The smallest absolute Gasteiger partial charge is 0.255 e. The van der Waals surface area contributed by atoms with E-state index in [-0.39, 0.29) is 10.8 Å². The van der Waals surface area contributed by atoms with Gasteiger partial charge >= 0.3 is 0 Å². The molecule has 0 unspecified atom stereocenters. The molecule has 0 atom stereocenters. The third kappa shape index (κ3) is 4.33. The van der Waals surface area contributed by atoms with Crippen LogP contribution in [0.15, 0.2) is 60.0 Å². The van der Waals surface area contributed by atoms with Gasteiger partial charge in [0.15, 0.2) is 0 Å². The van der Waals surface area contributed by atoms with Gasteiger partial charge in [0.25, 0.3) is 5.91 Å². The molecule has 0 bridgehead atoms. The van der Waals surface area contributed by atoms with Crippen LogP contribution < -0.4 is 0 Å². The Morgan fingerprint density at radius 3 is 2.47 bits per heavy atom. The van der Waals surface area contributed by atoms with Crippen molar-refractivity contribution in [3.05, 3.63) is 76.7 Å².